The zero-order chi connectivity index (χ0) is 66.7. The highest BCUT2D eigenvalue weighted by molar-refractivity contribution is 5.99. The monoisotopic (exact) mass is 1220 g/mol. The third-order valence-electron chi connectivity index (χ3n) is 16.6. The van der Waals surface area contributed by atoms with E-state index in [1.54, 1.807) is 47.6 Å². The smallest absolute Gasteiger partial charge is 0.246 e. The summed E-state index contributed by atoms with van der Waals surface area (Å²) in [5.41, 5.74) is 0. The third kappa shape index (κ3) is 21.6. The molecule has 0 aliphatic carbocycles. The molecular formula is C63H113N11O12. The molecule has 1 fully saturated rings. The average molecular weight is 1220 g/mol. The fourth-order valence-corrected chi connectivity index (χ4v) is 10.8. The first-order valence-corrected chi connectivity index (χ1v) is 31.1. The maximum absolute atomic E-state index is 15.3. The third-order valence-corrected chi connectivity index (χ3v) is 16.6. The molecule has 0 radical (unpaired) electrons. The molecule has 86 heavy (non-hydrogen) atoms. The van der Waals surface area contributed by atoms with E-state index >= 15 is 14.4 Å². The highest BCUT2D eigenvalue weighted by Gasteiger charge is 2.46. The lowest BCUT2D eigenvalue weighted by Gasteiger charge is -2.42. The van der Waals surface area contributed by atoms with Crippen molar-refractivity contribution < 1.29 is 57.8 Å². The van der Waals surface area contributed by atoms with Crippen LogP contribution in [0.2, 0.25) is 0 Å². The van der Waals surface area contributed by atoms with Gasteiger partial charge in [0.2, 0.25) is 65.0 Å². The normalized spacial score (nSPS) is 27.0. The van der Waals surface area contributed by atoms with Crippen LogP contribution in [0.25, 0.3) is 0 Å². The Hall–Kier alpha value is -6.13. The molecule has 5 N–H and O–H groups in total. The van der Waals surface area contributed by atoms with Crippen molar-refractivity contribution in [3.05, 3.63) is 12.2 Å². The van der Waals surface area contributed by atoms with E-state index in [0.717, 1.165) is 9.80 Å². The number of rotatable bonds is 16. The van der Waals surface area contributed by atoms with Crippen LogP contribution in [0.3, 0.4) is 0 Å². The van der Waals surface area contributed by atoms with Crippen LogP contribution >= 0.6 is 0 Å². The fourth-order valence-electron chi connectivity index (χ4n) is 10.8. The number of likely N-dealkylation sites (N-methyl/N-ethyl adjacent to an activating group) is 7. The van der Waals surface area contributed by atoms with E-state index in [0.29, 0.717) is 12.8 Å². The minimum atomic E-state index is -1.61. The number of aliphatic hydroxyl groups is 1. The quantitative estimate of drug-likeness (QED) is 0.139. The molecular weight excluding hydrogens is 1100 g/mol. The highest BCUT2D eigenvalue weighted by Crippen LogP contribution is 2.26. The predicted molar refractivity (Wildman–Crippen MR) is 333 cm³/mol. The van der Waals surface area contributed by atoms with E-state index in [9.17, 15) is 43.5 Å². The molecule has 0 unspecified atom stereocenters. The number of carbonyl (C=O) groups is 11. The lowest BCUT2D eigenvalue weighted by atomic mass is 9.90. The predicted octanol–water partition coefficient (Wildman–Crippen LogP) is 3.66. The van der Waals surface area contributed by atoms with Gasteiger partial charge in [-0.1, -0.05) is 116 Å². The van der Waals surface area contributed by atoms with Crippen LogP contribution in [0, 0.1) is 41.4 Å². The van der Waals surface area contributed by atoms with Crippen molar-refractivity contribution in [2.45, 2.75) is 229 Å². The molecule has 0 bridgehead atoms. The summed E-state index contributed by atoms with van der Waals surface area (Å²) in [5, 5.41) is 23.1. The Bertz CT molecular complexity index is 2350. The molecule has 0 spiro atoms. The van der Waals surface area contributed by atoms with Gasteiger partial charge in [-0.15, -0.1) is 0 Å². The van der Waals surface area contributed by atoms with Crippen LogP contribution in [-0.4, -0.2) is 227 Å². The summed E-state index contributed by atoms with van der Waals surface area (Å²) in [6, 6.07) is -12.3. The molecule has 13 atom stereocenters. The average Bonchev–Trinajstić information content (AvgIpc) is 1.14. The van der Waals surface area contributed by atoms with Crippen molar-refractivity contribution in [3.63, 3.8) is 0 Å². The van der Waals surface area contributed by atoms with Gasteiger partial charge in [-0.05, 0) is 101 Å². The first-order valence-electron chi connectivity index (χ1n) is 31.1. The first-order chi connectivity index (χ1) is 39.7. The van der Waals surface area contributed by atoms with Gasteiger partial charge < -0.3 is 60.7 Å². The van der Waals surface area contributed by atoms with Crippen LogP contribution in [0.4, 0.5) is 0 Å². The van der Waals surface area contributed by atoms with Crippen molar-refractivity contribution in [3.8, 4) is 0 Å². The molecule has 0 saturated carbocycles. The van der Waals surface area contributed by atoms with E-state index in [1.807, 2.05) is 68.4 Å². The Labute approximate surface area is 515 Å². The SMILES string of the molecule is C/C=C/C[C@@H](C)[C@@H](O)[C@H]1C(=O)N[C@@H](CC)C(=O)N(C)CC(=O)N(C)[C@H](CC(C)C)C(=O)N[C@H](C(C)C)C(=O)N(C)[C@H](CC(C)C)C(=O)N[C@@H](C)C(=O)N[C@H](C)C(=O)N(C)[C@@H](CC(C)C)C(=O)N(C)[C@@H](CC(C)C)C(=O)N(C)[C@H]([C@H](C)CC)C(=O)N1C. The standard InChI is InChI=1S/C63H113N11O12/c1-25-28-29-41(15)53(76)52-57(80)66-44(27-3)59(82)68(18)34-49(75)69(19)45(30-35(4)5)56(79)67-50(39(12)13)62(85)70(20)46(31-36(6)7)55(78)64-42(16)54(77)65-43(17)58(81)71(21)47(32-37(8)9)60(83)72(22)48(33-38(10)11)61(84)73(23)51(40(14)26-2)63(86)74(52)24/h25,28,35-48,50-53,76H,26-27,29-34H2,1-24H3,(H,64,78)(H,65,77)(H,66,80)(H,67,79)/b28-25+/t40-,41-,42+,43-,44+,45-,46-,47+,48+,50-,51-,52+,53-/m1/s1. The zero-order valence-corrected chi connectivity index (χ0v) is 56.8. The lowest BCUT2D eigenvalue weighted by molar-refractivity contribution is -0.157. The summed E-state index contributed by atoms with van der Waals surface area (Å²) in [6.45, 7) is 29.5. The van der Waals surface area contributed by atoms with Gasteiger partial charge in [0, 0.05) is 49.3 Å². The van der Waals surface area contributed by atoms with Gasteiger partial charge in [-0.2, -0.15) is 0 Å². The molecule has 492 valence electrons. The van der Waals surface area contributed by atoms with Gasteiger partial charge >= 0.3 is 0 Å². The molecule has 0 aromatic rings. The van der Waals surface area contributed by atoms with Gasteiger partial charge in [0.25, 0.3) is 0 Å². The Balaban J connectivity index is 4.36. The Morgan fingerprint density at radius 2 is 0.895 bits per heavy atom. The highest BCUT2D eigenvalue weighted by atomic mass is 16.3. The van der Waals surface area contributed by atoms with Crippen molar-refractivity contribution in [2.24, 2.45) is 41.4 Å². The molecule has 23 heteroatoms. The summed E-state index contributed by atoms with van der Waals surface area (Å²) in [6.07, 6.45) is 3.44. The molecule has 0 aromatic heterocycles. The maximum atomic E-state index is 15.3. The second-order valence-electron chi connectivity index (χ2n) is 26.2. The summed E-state index contributed by atoms with van der Waals surface area (Å²) in [5.74, 6) is -9.61. The summed E-state index contributed by atoms with van der Waals surface area (Å²) in [7, 11) is 9.97. The van der Waals surface area contributed by atoms with Gasteiger partial charge in [-0.25, -0.2) is 0 Å². The number of nitrogens with zero attached hydrogens (tertiary/aromatic N) is 7. The van der Waals surface area contributed by atoms with E-state index in [-0.39, 0.29) is 55.8 Å². The molecule has 11 amide bonds. The van der Waals surface area contributed by atoms with E-state index in [1.165, 1.54) is 87.7 Å². The minimum Gasteiger partial charge on any atom is -0.390 e. The number of amides is 11. The Morgan fingerprint density at radius 3 is 1.35 bits per heavy atom. The number of aliphatic hydroxyl groups excluding tert-OH is 1. The van der Waals surface area contributed by atoms with Crippen LogP contribution in [0.1, 0.15) is 163 Å². The second kappa shape index (κ2) is 35.6. The zero-order valence-electron chi connectivity index (χ0n) is 56.8. The fraction of sp³-hybridized carbons (Fsp3) is 0.794. The molecule has 23 nitrogen and oxygen atoms in total. The van der Waals surface area contributed by atoms with Crippen molar-refractivity contribution >= 4 is 65.0 Å². The van der Waals surface area contributed by atoms with Gasteiger partial charge in [0.15, 0.2) is 0 Å². The van der Waals surface area contributed by atoms with Crippen LogP contribution in [-0.2, 0) is 52.7 Å². The number of nitrogens with one attached hydrogen (secondary N) is 4. The molecule has 1 saturated heterocycles. The Kier molecular flexibility index (Phi) is 32.3. The summed E-state index contributed by atoms with van der Waals surface area (Å²) >= 11 is 0. The molecule has 1 aliphatic heterocycles. The van der Waals surface area contributed by atoms with Gasteiger partial charge in [-0.3, -0.25) is 52.7 Å². The van der Waals surface area contributed by atoms with E-state index < -0.39 is 156 Å². The number of hydrogen-bond acceptors (Lipinski definition) is 12. The Morgan fingerprint density at radius 1 is 0.477 bits per heavy atom. The van der Waals surface area contributed by atoms with Gasteiger partial charge in [0.05, 0.1) is 12.6 Å². The van der Waals surface area contributed by atoms with Crippen molar-refractivity contribution in [2.75, 3.05) is 55.9 Å². The molecule has 1 rings (SSSR count). The number of hydrogen-bond donors (Lipinski definition) is 5. The summed E-state index contributed by atoms with van der Waals surface area (Å²) < 4.78 is 0. The molecule has 1 aliphatic rings. The second-order valence-corrected chi connectivity index (χ2v) is 26.2. The molecule has 0 aromatic carbocycles. The summed E-state index contributed by atoms with van der Waals surface area (Å²) in [4.78, 5) is 169. The largest absolute Gasteiger partial charge is 0.390 e. The number of allylic oxidation sites excluding steroid dienone is 2. The minimum absolute atomic E-state index is 0.0237. The maximum Gasteiger partial charge on any atom is 0.246 e. The lowest BCUT2D eigenvalue weighted by Crippen LogP contribution is -2.63. The van der Waals surface area contributed by atoms with Crippen molar-refractivity contribution in [1.29, 1.82) is 0 Å². The van der Waals surface area contributed by atoms with Crippen LogP contribution in [0.5, 0.6) is 0 Å². The number of carbonyl (C=O) groups excluding carboxylic acids is 11. The topological polar surface area (TPSA) is 279 Å². The van der Waals surface area contributed by atoms with Crippen molar-refractivity contribution in [1.82, 2.24) is 55.6 Å². The first kappa shape index (κ1) is 77.9. The van der Waals surface area contributed by atoms with Gasteiger partial charge in [0.1, 0.15) is 60.4 Å². The van der Waals surface area contributed by atoms with E-state index in [4.69, 9.17) is 0 Å². The van der Waals surface area contributed by atoms with Crippen LogP contribution < -0.4 is 21.3 Å². The van der Waals surface area contributed by atoms with E-state index in [2.05, 4.69) is 21.3 Å². The molecule has 1 heterocycles. The van der Waals surface area contributed by atoms with Crippen LogP contribution in [0.15, 0.2) is 12.2 Å².